The van der Waals surface area contributed by atoms with Crippen LogP contribution in [-0.4, -0.2) is 7.28 Å². The summed E-state index contributed by atoms with van der Waals surface area (Å²) in [6.45, 7) is 4.12. The molecule has 0 atom stereocenters. The van der Waals surface area contributed by atoms with E-state index in [0.29, 0.717) is 0 Å². The molecule has 0 aliphatic heterocycles. The van der Waals surface area contributed by atoms with Gasteiger partial charge >= 0.3 is 0 Å². The second-order valence-electron chi connectivity index (χ2n) is 2.99. The van der Waals surface area contributed by atoms with E-state index >= 15 is 0 Å². The van der Waals surface area contributed by atoms with E-state index in [1.54, 1.807) is 0 Å². The van der Waals surface area contributed by atoms with Crippen molar-refractivity contribution in [2.75, 3.05) is 0 Å². The summed E-state index contributed by atoms with van der Waals surface area (Å²) in [7, 11) is 2.12. The van der Waals surface area contributed by atoms with Gasteiger partial charge in [-0.25, -0.2) is 0 Å². The molecule has 0 spiro atoms. The standard InChI is InChI=1S/C12H14B/c1-3-7-11(2)10-13-12-8-5-4-6-9-12/h3-10H,1-2H3. The van der Waals surface area contributed by atoms with Gasteiger partial charge in [0.2, 0.25) is 0 Å². The molecule has 1 aromatic carbocycles. The van der Waals surface area contributed by atoms with Crippen molar-refractivity contribution in [3.05, 3.63) is 54.0 Å². The topological polar surface area (TPSA) is 0 Å². The number of hydrogen-bond acceptors (Lipinski definition) is 0. The predicted octanol–water partition coefficient (Wildman–Crippen LogP) is 2.50. The summed E-state index contributed by atoms with van der Waals surface area (Å²) in [6, 6.07) is 10.3. The van der Waals surface area contributed by atoms with Crippen LogP contribution in [0.15, 0.2) is 54.0 Å². The summed E-state index contributed by atoms with van der Waals surface area (Å²) in [6.07, 6.45) is 4.14. The summed E-state index contributed by atoms with van der Waals surface area (Å²) in [5.74, 6) is 2.12. The highest BCUT2D eigenvalue weighted by Crippen LogP contribution is 1.93. The van der Waals surface area contributed by atoms with Crippen LogP contribution in [0.4, 0.5) is 0 Å². The second-order valence-corrected chi connectivity index (χ2v) is 2.99. The van der Waals surface area contributed by atoms with Crippen molar-refractivity contribution < 1.29 is 0 Å². The van der Waals surface area contributed by atoms with E-state index in [9.17, 15) is 0 Å². The minimum Gasteiger partial charge on any atom is -0.113 e. The zero-order valence-electron chi connectivity index (χ0n) is 8.20. The van der Waals surface area contributed by atoms with E-state index in [1.165, 1.54) is 11.0 Å². The van der Waals surface area contributed by atoms with Gasteiger partial charge < -0.3 is 0 Å². The van der Waals surface area contributed by atoms with Crippen LogP contribution in [0.2, 0.25) is 0 Å². The highest BCUT2D eigenvalue weighted by Gasteiger charge is 1.89. The molecule has 0 aliphatic carbocycles. The Morgan fingerprint density at radius 3 is 2.54 bits per heavy atom. The van der Waals surface area contributed by atoms with Gasteiger partial charge in [0.05, 0.1) is 0 Å². The lowest BCUT2D eigenvalue weighted by Gasteiger charge is -1.94. The Morgan fingerprint density at radius 1 is 1.23 bits per heavy atom. The maximum atomic E-state index is 2.12. The molecule has 0 aliphatic rings. The summed E-state index contributed by atoms with van der Waals surface area (Å²) in [5.41, 5.74) is 2.51. The molecule has 0 saturated carbocycles. The fourth-order valence-electron chi connectivity index (χ4n) is 1.11. The normalized spacial score (nSPS) is 12.0. The Kier molecular flexibility index (Phi) is 4.10. The first-order chi connectivity index (χ1) is 6.33. The van der Waals surface area contributed by atoms with Crippen molar-refractivity contribution >= 4 is 12.7 Å². The first-order valence-corrected chi connectivity index (χ1v) is 4.52. The van der Waals surface area contributed by atoms with E-state index < -0.39 is 0 Å². The molecule has 0 bridgehead atoms. The monoisotopic (exact) mass is 169 g/mol. The molecule has 0 fully saturated rings. The molecule has 1 heteroatoms. The Balaban J connectivity index is 2.56. The van der Waals surface area contributed by atoms with Crippen molar-refractivity contribution in [1.82, 2.24) is 0 Å². The van der Waals surface area contributed by atoms with E-state index in [0.717, 1.165) is 0 Å². The van der Waals surface area contributed by atoms with Crippen LogP contribution in [0.5, 0.6) is 0 Å². The van der Waals surface area contributed by atoms with Crippen molar-refractivity contribution in [3.63, 3.8) is 0 Å². The third-order valence-corrected chi connectivity index (χ3v) is 1.77. The van der Waals surface area contributed by atoms with Crippen LogP contribution >= 0.6 is 0 Å². The van der Waals surface area contributed by atoms with Crippen molar-refractivity contribution in [3.8, 4) is 0 Å². The summed E-state index contributed by atoms with van der Waals surface area (Å²) >= 11 is 0. The van der Waals surface area contributed by atoms with E-state index in [1.807, 2.05) is 31.2 Å². The first-order valence-electron chi connectivity index (χ1n) is 4.52. The molecular formula is C12H14B. The maximum Gasteiger partial charge on any atom is 0.181 e. The quantitative estimate of drug-likeness (QED) is 0.481. The molecule has 65 valence electrons. The van der Waals surface area contributed by atoms with Gasteiger partial charge in [-0.1, -0.05) is 53.5 Å². The molecular weight excluding hydrogens is 155 g/mol. The van der Waals surface area contributed by atoms with E-state index in [4.69, 9.17) is 0 Å². The third-order valence-electron chi connectivity index (χ3n) is 1.77. The zero-order valence-corrected chi connectivity index (χ0v) is 8.20. The number of rotatable bonds is 3. The number of benzene rings is 1. The van der Waals surface area contributed by atoms with Gasteiger partial charge in [0.1, 0.15) is 0 Å². The molecule has 1 rings (SSSR count). The van der Waals surface area contributed by atoms with Gasteiger partial charge in [0.15, 0.2) is 7.28 Å². The van der Waals surface area contributed by atoms with Crippen LogP contribution in [0.25, 0.3) is 0 Å². The lowest BCUT2D eigenvalue weighted by atomic mass is 9.69. The molecule has 1 radical (unpaired) electrons. The van der Waals surface area contributed by atoms with Gasteiger partial charge in [-0.15, -0.1) is 5.98 Å². The lowest BCUT2D eigenvalue weighted by Crippen LogP contribution is -2.10. The summed E-state index contributed by atoms with van der Waals surface area (Å²) in [4.78, 5) is 0. The SMILES string of the molecule is CC=CC(C)=C[B]c1ccccc1. The zero-order chi connectivity index (χ0) is 9.52. The molecule has 0 saturated heterocycles. The Labute approximate surface area is 81.2 Å². The molecule has 0 aromatic heterocycles. The van der Waals surface area contributed by atoms with Gasteiger partial charge in [-0.2, -0.15) is 0 Å². The minimum absolute atomic E-state index is 1.24. The summed E-state index contributed by atoms with van der Waals surface area (Å²) in [5, 5.41) is 0. The Morgan fingerprint density at radius 2 is 1.92 bits per heavy atom. The van der Waals surface area contributed by atoms with Crippen molar-refractivity contribution in [1.29, 1.82) is 0 Å². The molecule has 0 N–H and O–H groups in total. The number of hydrogen-bond donors (Lipinski definition) is 0. The molecule has 1 aromatic rings. The minimum atomic E-state index is 1.24. The molecule has 0 nitrogen and oxygen atoms in total. The highest BCUT2D eigenvalue weighted by atomic mass is 13.8. The van der Waals surface area contributed by atoms with Gasteiger partial charge in [0.25, 0.3) is 0 Å². The second kappa shape index (κ2) is 5.42. The Hall–Kier alpha value is -1.24. The van der Waals surface area contributed by atoms with Gasteiger partial charge in [0, 0.05) is 0 Å². The molecule has 13 heavy (non-hydrogen) atoms. The predicted molar refractivity (Wildman–Crippen MR) is 60.4 cm³/mol. The number of allylic oxidation sites excluding steroid dienone is 3. The van der Waals surface area contributed by atoms with Gasteiger partial charge in [-0.3, -0.25) is 0 Å². The molecule has 0 unspecified atom stereocenters. The highest BCUT2D eigenvalue weighted by molar-refractivity contribution is 6.58. The fraction of sp³-hybridized carbons (Fsp3) is 0.167. The van der Waals surface area contributed by atoms with Crippen molar-refractivity contribution in [2.24, 2.45) is 0 Å². The van der Waals surface area contributed by atoms with E-state index in [2.05, 4.69) is 38.4 Å². The smallest absolute Gasteiger partial charge is 0.113 e. The maximum absolute atomic E-state index is 2.12. The van der Waals surface area contributed by atoms with Crippen LogP contribution in [0, 0.1) is 0 Å². The average molecular weight is 169 g/mol. The van der Waals surface area contributed by atoms with Crippen molar-refractivity contribution in [2.45, 2.75) is 13.8 Å². The van der Waals surface area contributed by atoms with Crippen LogP contribution in [-0.2, 0) is 0 Å². The first kappa shape index (κ1) is 9.85. The van der Waals surface area contributed by atoms with Crippen LogP contribution < -0.4 is 5.46 Å². The lowest BCUT2D eigenvalue weighted by molar-refractivity contribution is 1.52. The molecule has 0 amide bonds. The average Bonchev–Trinajstić information content (AvgIpc) is 2.17. The van der Waals surface area contributed by atoms with E-state index in [-0.39, 0.29) is 0 Å². The molecule has 0 heterocycles. The third kappa shape index (κ3) is 3.79. The van der Waals surface area contributed by atoms with Gasteiger partial charge in [-0.05, 0) is 13.8 Å². The fourth-order valence-corrected chi connectivity index (χ4v) is 1.11. The largest absolute Gasteiger partial charge is 0.181 e. The summed E-state index contributed by atoms with van der Waals surface area (Å²) < 4.78 is 0. The Bertz CT molecular complexity index is 296. The van der Waals surface area contributed by atoms with Crippen LogP contribution in [0.1, 0.15) is 13.8 Å². The van der Waals surface area contributed by atoms with Crippen LogP contribution in [0.3, 0.4) is 0 Å².